The molecule has 3 rings (SSSR count). The van der Waals surface area contributed by atoms with Gasteiger partial charge in [0.25, 0.3) is 5.91 Å². The van der Waals surface area contributed by atoms with Crippen LogP contribution in [0, 0.1) is 0 Å². The fraction of sp³-hybridized carbons (Fsp3) is 0.312. The normalized spacial score (nSPS) is 19.0. The summed E-state index contributed by atoms with van der Waals surface area (Å²) in [6, 6.07) is 14.1. The largest absolute Gasteiger partial charge is 0.374 e. The van der Waals surface area contributed by atoms with Crippen molar-refractivity contribution in [2.45, 2.75) is 12.5 Å². The maximum absolute atomic E-state index is 12.3. The SMILES string of the molecule is O=C(c1cccs1)N1CCOC(Cc2ccccc2)C1. The molecule has 104 valence electrons. The van der Waals surface area contributed by atoms with E-state index < -0.39 is 0 Å². The Hall–Kier alpha value is -1.65. The maximum Gasteiger partial charge on any atom is 0.264 e. The summed E-state index contributed by atoms with van der Waals surface area (Å²) in [4.78, 5) is 15.1. The standard InChI is InChI=1S/C16H17NO2S/c18-16(15-7-4-10-20-15)17-8-9-19-14(12-17)11-13-5-2-1-3-6-13/h1-7,10,14H,8-9,11-12H2. The van der Waals surface area contributed by atoms with Crippen LogP contribution < -0.4 is 0 Å². The average molecular weight is 287 g/mol. The van der Waals surface area contributed by atoms with Gasteiger partial charge in [0.2, 0.25) is 0 Å². The van der Waals surface area contributed by atoms with Gasteiger partial charge in [-0.2, -0.15) is 0 Å². The summed E-state index contributed by atoms with van der Waals surface area (Å²) < 4.78 is 5.79. The molecule has 4 heteroatoms. The number of nitrogens with zero attached hydrogens (tertiary/aromatic N) is 1. The van der Waals surface area contributed by atoms with Crippen LogP contribution in [0.3, 0.4) is 0 Å². The summed E-state index contributed by atoms with van der Waals surface area (Å²) in [5, 5.41) is 1.94. The molecule has 3 nitrogen and oxygen atoms in total. The Morgan fingerprint density at radius 1 is 1.25 bits per heavy atom. The molecule has 0 aliphatic carbocycles. The fourth-order valence-electron chi connectivity index (χ4n) is 2.46. The number of ether oxygens (including phenoxy) is 1. The minimum Gasteiger partial charge on any atom is -0.374 e. The highest BCUT2D eigenvalue weighted by Gasteiger charge is 2.25. The van der Waals surface area contributed by atoms with Crippen LogP contribution in [-0.4, -0.2) is 36.6 Å². The van der Waals surface area contributed by atoms with Crippen LogP contribution in [0.1, 0.15) is 15.2 Å². The number of carbonyl (C=O) groups is 1. The lowest BCUT2D eigenvalue weighted by Crippen LogP contribution is -2.46. The minimum atomic E-state index is 0.0927. The molecule has 2 aromatic rings. The van der Waals surface area contributed by atoms with E-state index in [1.807, 2.05) is 40.6 Å². The summed E-state index contributed by atoms with van der Waals surface area (Å²) in [6.45, 7) is 1.97. The van der Waals surface area contributed by atoms with Crippen molar-refractivity contribution in [3.63, 3.8) is 0 Å². The second-order valence-corrected chi connectivity index (χ2v) is 5.86. The molecule has 1 aromatic heterocycles. The molecular weight excluding hydrogens is 270 g/mol. The number of hydrogen-bond donors (Lipinski definition) is 0. The molecule has 2 heterocycles. The molecule has 1 atom stereocenters. The third-order valence-electron chi connectivity index (χ3n) is 3.46. The Morgan fingerprint density at radius 2 is 2.10 bits per heavy atom. The van der Waals surface area contributed by atoms with Crippen LogP contribution >= 0.6 is 11.3 Å². The van der Waals surface area contributed by atoms with E-state index in [1.165, 1.54) is 16.9 Å². The van der Waals surface area contributed by atoms with Crippen LogP contribution in [0.2, 0.25) is 0 Å². The number of thiophene rings is 1. The molecule has 1 fully saturated rings. The molecule has 0 spiro atoms. The first-order chi connectivity index (χ1) is 9.83. The Kier molecular flexibility index (Phi) is 4.14. The third-order valence-corrected chi connectivity index (χ3v) is 4.32. The van der Waals surface area contributed by atoms with Gasteiger partial charge in [0.05, 0.1) is 17.6 Å². The zero-order valence-corrected chi connectivity index (χ0v) is 12.0. The number of benzene rings is 1. The van der Waals surface area contributed by atoms with Gasteiger partial charge < -0.3 is 9.64 Å². The number of morpholine rings is 1. The van der Waals surface area contributed by atoms with E-state index in [0.717, 1.165) is 11.3 Å². The van der Waals surface area contributed by atoms with E-state index in [-0.39, 0.29) is 12.0 Å². The molecule has 1 aliphatic rings. The summed E-state index contributed by atoms with van der Waals surface area (Å²) >= 11 is 1.50. The summed E-state index contributed by atoms with van der Waals surface area (Å²) in [5.74, 6) is 0.126. The summed E-state index contributed by atoms with van der Waals surface area (Å²) in [6.07, 6.45) is 0.949. The topological polar surface area (TPSA) is 29.5 Å². The second kappa shape index (κ2) is 6.20. The zero-order chi connectivity index (χ0) is 13.8. The predicted molar refractivity (Wildman–Crippen MR) is 80.1 cm³/mol. The molecular formula is C16H17NO2S. The van der Waals surface area contributed by atoms with E-state index in [2.05, 4.69) is 12.1 Å². The Labute approximate surface area is 122 Å². The number of carbonyl (C=O) groups excluding carboxylic acids is 1. The van der Waals surface area contributed by atoms with Crippen molar-refractivity contribution in [2.75, 3.05) is 19.7 Å². The number of amides is 1. The van der Waals surface area contributed by atoms with Crippen molar-refractivity contribution in [2.24, 2.45) is 0 Å². The highest BCUT2D eigenvalue weighted by molar-refractivity contribution is 7.12. The summed E-state index contributed by atoms with van der Waals surface area (Å²) in [7, 11) is 0. The van der Waals surface area contributed by atoms with E-state index in [4.69, 9.17) is 4.74 Å². The second-order valence-electron chi connectivity index (χ2n) is 4.91. The first kappa shape index (κ1) is 13.3. The van der Waals surface area contributed by atoms with Gasteiger partial charge in [-0.05, 0) is 17.0 Å². The first-order valence-electron chi connectivity index (χ1n) is 6.81. The average Bonchev–Trinajstić information content (AvgIpc) is 3.02. The van der Waals surface area contributed by atoms with Crippen molar-refractivity contribution in [3.05, 3.63) is 58.3 Å². The highest BCUT2D eigenvalue weighted by Crippen LogP contribution is 2.17. The molecule has 0 N–H and O–H groups in total. The minimum absolute atomic E-state index is 0.0927. The molecule has 1 aliphatic heterocycles. The molecule has 1 amide bonds. The molecule has 0 bridgehead atoms. The van der Waals surface area contributed by atoms with E-state index in [0.29, 0.717) is 19.7 Å². The Balaban J connectivity index is 1.63. The zero-order valence-electron chi connectivity index (χ0n) is 11.2. The third kappa shape index (κ3) is 3.08. The lowest BCUT2D eigenvalue weighted by molar-refractivity contribution is -0.0206. The van der Waals surface area contributed by atoms with Crippen molar-refractivity contribution < 1.29 is 9.53 Å². The van der Waals surface area contributed by atoms with Crippen LogP contribution in [0.4, 0.5) is 0 Å². The molecule has 1 saturated heterocycles. The van der Waals surface area contributed by atoms with Gasteiger partial charge in [-0.15, -0.1) is 11.3 Å². The van der Waals surface area contributed by atoms with Crippen LogP contribution in [-0.2, 0) is 11.2 Å². The number of hydrogen-bond acceptors (Lipinski definition) is 3. The fourth-order valence-corrected chi connectivity index (χ4v) is 3.15. The van der Waals surface area contributed by atoms with E-state index in [1.54, 1.807) is 0 Å². The Morgan fingerprint density at radius 3 is 2.85 bits per heavy atom. The van der Waals surface area contributed by atoms with Gasteiger partial charge in [-0.3, -0.25) is 4.79 Å². The molecule has 0 saturated carbocycles. The predicted octanol–water partition coefficient (Wildman–Crippen LogP) is 2.83. The maximum atomic E-state index is 12.3. The Bertz CT molecular complexity index is 553. The lowest BCUT2D eigenvalue weighted by Gasteiger charge is -2.32. The van der Waals surface area contributed by atoms with E-state index in [9.17, 15) is 4.79 Å². The van der Waals surface area contributed by atoms with Crippen LogP contribution in [0.5, 0.6) is 0 Å². The van der Waals surface area contributed by atoms with Gasteiger partial charge in [0.15, 0.2) is 0 Å². The molecule has 1 unspecified atom stereocenters. The molecule has 20 heavy (non-hydrogen) atoms. The summed E-state index contributed by atoms with van der Waals surface area (Å²) in [5.41, 5.74) is 1.25. The van der Waals surface area contributed by atoms with Gasteiger partial charge in [0, 0.05) is 19.5 Å². The lowest BCUT2D eigenvalue weighted by atomic mass is 10.1. The van der Waals surface area contributed by atoms with Gasteiger partial charge in [0.1, 0.15) is 0 Å². The molecule has 0 radical (unpaired) electrons. The van der Waals surface area contributed by atoms with Gasteiger partial charge in [-0.25, -0.2) is 0 Å². The van der Waals surface area contributed by atoms with Crippen molar-refractivity contribution in [1.82, 2.24) is 4.90 Å². The van der Waals surface area contributed by atoms with Crippen molar-refractivity contribution in [3.8, 4) is 0 Å². The highest BCUT2D eigenvalue weighted by atomic mass is 32.1. The van der Waals surface area contributed by atoms with Gasteiger partial charge in [-0.1, -0.05) is 36.4 Å². The van der Waals surface area contributed by atoms with Crippen molar-refractivity contribution >= 4 is 17.2 Å². The quantitative estimate of drug-likeness (QED) is 0.869. The first-order valence-corrected chi connectivity index (χ1v) is 7.69. The van der Waals surface area contributed by atoms with Crippen molar-refractivity contribution in [1.29, 1.82) is 0 Å². The number of rotatable bonds is 3. The smallest absolute Gasteiger partial charge is 0.264 e. The van der Waals surface area contributed by atoms with E-state index >= 15 is 0 Å². The van der Waals surface area contributed by atoms with Crippen LogP contribution in [0.25, 0.3) is 0 Å². The van der Waals surface area contributed by atoms with Gasteiger partial charge >= 0.3 is 0 Å². The monoisotopic (exact) mass is 287 g/mol. The molecule has 1 aromatic carbocycles. The van der Waals surface area contributed by atoms with Crippen LogP contribution in [0.15, 0.2) is 47.8 Å².